The van der Waals surface area contributed by atoms with Crippen LogP contribution in [0.5, 0.6) is 5.75 Å². The minimum absolute atomic E-state index is 0.0155. The molecule has 16 nitrogen and oxygen atoms in total. The summed E-state index contributed by atoms with van der Waals surface area (Å²) in [5.74, 6) is -2.13. The molecule has 4 aromatic heterocycles. The third-order valence-electron chi connectivity index (χ3n) is 8.80. The highest BCUT2D eigenvalue weighted by Crippen LogP contribution is 2.34. The number of halogens is 4. The number of carbonyl (C=O) groups excluding carboxylic acids is 2. The Kier molecular flexibility index (Phi) is 8.88. The molecule has 1 saturated heterocycles. The lowest BCUT2D eigenvalue weighted by atomic mass is 10.2. The third-order valence-corrected chi connectivity index (χ3v) is 9.12. The highest BCUT2D eigenvalue weighted by atomic mass is 35.5. The fourth-order valence-electron chi connectivity index (χ4n) is 6.17. The first-order valence-corrected chi connectivity index (χ1v) is 16.5. The summed E-state index contributed by atoms with van der Waals surface area (Å²) in [5, 5.41) is 17.1. The molecule has 1 fully saturated rings. The lowest BCUT2D eigenvalue weighted by Gasteiger charge is -2.36. The van der Waals surface area contributed by atoms with Gasteiger partial charge in [-0.15, -0.1) is 5.10 Å². The summed E-state index contributed by atoms with van der Waals surface area (Å²) in [6, 6.07) is 7.26. The second kappa shape index (κ2) is 13.4. The minimum Gasteiger partial charge on any atom is -0.504 e. The normalized spacial score (nSPS) is 13.6. The quantitative estimate of drug-likeness (QED) is 0.215. The molecule has 0 saturated carbocycles. The van der Waals surface area contributed by atoms with E-state index in [9.17, 15) is 37.5 Å². The fraction of sp³-hybridized carbons (Fsp3) is 0.273. The van der Waals surface area contributed by atoms with Gasteiger partial charge in [0, 0.05) is 31.7 Å². The standard InChI is InChI=1S/C33H28ClF3N10O6/c1-3-22-26(44-8-10-45(11-9-44)29(50)25-27(49)16(2)38-15-39-25)30(51)47-31(42-28(43-47)17-4-6-21-23(12-17)53-32(52)41-21)46(22)14-24(48)40-20-7-5-18(13-19(20)34)33(35,36)37/h4-7,12-13,15,49H,3,8-11,14H2,1-2H3,(H,40,48)(H,41,52). The predicted molar refractivity (Wildman–Crippen MR) is 184 cm³/mol. The first kappa shape index (κ1) is 35.2. The maximum Gasteiger partial charge on any atom is 0.417 e. The molecule has 7 rings (SSSR count). The molecule has 53 heavy (non-hydrogen) atoms. The molecule has 1 aliphatic heterocycles. The zero-order valence-corrected chi connectivity index (χ0v) is 28.6. The number of aromatic nitrogens is 7. The zero-order chi connectivity index (χ0) is 37.8. The van der Waals surface area contributed by atoms with E-state index in [0.29, 0.717) is 22.8 Å². The summed E-state index contributed by atoms with van der Waals surface area (Å²) in [7, 11) is 0. The van der Waals surface area contributed by atoms with Crippen LogP contribution in [0, 0.1) is 6.92 Å². The number of carbonyl (C=O) groups is 2. The van der Waals surface area contributed by atoms with Crippen molar-refractivity contribution in [3.63, 3.8) is 0 Å². The van der Waals surface area contributed by atoms with Crippen LogP contribution in [0.3, 0.4) is 0 Å². The Balaban J connectivity index is 1.27. The Hall–Kier alpha value is -6.24. The number of piperazine rings is 1. The van der Waals surface area contributed by atoms with Crippen LogP contribution in [0.2, 0.25) is 5.02 Å². The molecule has 0 unspecified atom stereocenters. The Morgan fingerprint density at radius 3 is 2.53 bits per heavy atom. The van der Waals surface area contributed by atoms with Crippen molar-refractivity contribution in [2.45, 2.75) is 33.0 Å². The highest BCUT2D eigenvalue weighted by Gasteiger charge is 2.32. The van der Waals surface area contributed by atoms with Crippen molar-refractivity contribution >= 4 is 51.7 Å². The largest absolute Gasteiger partial charge is 0.504 e. The van der Waals surface area contributed by atoms with Crippen LogP contribution in [0.4, 0.5) is 24.5 Å². The average molecular weight is 753 g/mol. The molecule has 2 aromatic carbocycles. The Bertz CT molecular complexity index is 2550. The van der Waals surface area contributed by atoms with Crippen LogP contribution in [-0.2, 0) is 23.9 Å². The van der Waals surface area contributed by atoms with Gasteiger partial charge < -0.3 is 29.2 Å². The highest BCUT2D eigenvalue weighted by molar-refractivity contribution is 6.33. The topological polar surface area (TPSA) is 197 Å². The van der Waals surface area contributed by atoms with Gasteiger partial charge in [-0.1, -0.05) is 18.5 Å². The summed E-state index contributed by atoms with van der Waals surface area (Å²) >= 11 is 6.11. The molecular weight excluding hydrogens is 725 g/mol. The van der Waals surface area contributed by atoms with Crippen LogP contribution in [0.1, 0.15) is 34.4 Å². The Morgan fingerprint density at radius 1 is 1.08 bits per heavy atom. The number of aryl methyl sites for hydroxylation is 1. The van der Waals surface area contributed by atoms with E-state index >= 15 is 0 Å². The molecule has 0 atom stereocenters. The summed E-state index contributed by atoms with van der Waals surface area (Å²) < 4.78 is 47.4. The fourth-order valence-corrected chi connectivity index (χ4v) is 6.40. The first-order valence-electron chi connectivity index (χ1n) is 16.1. The van der Waals surface area contributed by atoms with E-state index < -0.39 is 41.4 Å². The number of nitrogens with one attached hydrogen (secondary N) is 2. The van der Waals surface area contributed by atoms with Gasteiger partial charge in [-0.05, 0) is 49.7 Å². The number of hydrogen-bond donors (Lipinski definition) is 3. The third kappa shape index (κ3) is 6.54. The van der Waals surface area contributed by atoms with E-state index in [2.05, 4.69) is 30.4 Å². The van der Waals surface area contributed by atoms with Gasteiger partial charge in [-0.3, -0.25) is 19.4 Å². The number of hydrogen-bond acceptors (Lipinski definition) is 11. The molecule has 3 N–H and O–H groups in total. The van der Waals surface area contributed by atoms with Crippen molar-refractivity contribution in [1.29, 1.82) is 0 Å². The molecule has 5 heterocycles. The smallest absolute Gasteiger partial charge is 0.417 e. The number of oxazole rings is 1. The van der Waals surface area contributed by atoms with Crippen molar-refractivity contribution in [1.82, 2.24) is 39.0 Å². The van der Waals surface area contributed by atoms with Crippen molar-refractivity contribution in [3.05, 3.63) is 91.3 Å². The van der Waals surface area contributed by atoms with Crippen LogP contribution in [0.25, 0.3) is 28.3 Å². The number of fused-ring (bicyclic) bond motifs is 2. The van der Waals surface area contributed by atoms with Gasteiger partial charge in [0.1, 0.15) is 18.6 Å². The van der Waals surface area contributed by atoms with Gasteiger partial charge in [0.25, 0.3) is 11.5 Å². The van der Waals surface area contributed by atoms with Gasteiger partial charge in [0.15, 0.2) is 22.9 Å². The lowest BCUT2D eigenvalue weighted by Crippen LogP contribution is -2.51. The number of alkyl halides is 3. The van der Waals surface area contributed by atoms with Crippen LogP contribution in [-0.4, -0.2) is 82.1 Å². The Morgan fingerprint density at radius 2 is 1.83 bits per heavy atom. The van der Waals surface area contributed by atoms with E-state index in [1.807, 2.05) is 0 Å². The summed E-state index contributed by atoms with van der Waals surface area (Å²) in [6.07, 6.45) is -3.23. The van der Waals surface area contributed by atoms with Gasteiger partial charge in [-0.2, -0.15) is 22.7 Å². The minimum atomic E-state index is -4.64. The molecule has 2 amide bonds. The Labute approximate surface area is 300 Å². The number of benzene rings is 2. The number of anilines is 2. The second-order valence-electron chi connectivity index (χ2n) is 12.1. The zero-order valence-electron chi connectivity index (χ0n) is 27.9. The molecule has 0 bridgehead atoms. The van der Waals surface area contributed by atoms with E-state index in [4.69, 9.17) is 16.0 Å². The molecule has 1 aliphatic rings. The second-order valence-corrected chi connectivity index (χ2v) is 12.5. The number of aromatic amines is 1. The molecule has 0 radical (unpaired) electrons. The van der Waals surface area contributed by atoms with Crippen LogP contribution < -0.4 is 21.5 Å². The average Bonchev–Trinajstić information content (AvgIpc) is 3.74. The van der Waals surface area contributed by atoms with Crippen LogP contribution >= 0.6 is 11.6 Å². The maximum absolute atomic E-state index is 14.3. The van der Waals surface area contributed by atoms with Crippen molar-refractivity contribution in [3.8, 4) is 17.1 Å². The number of nitrogens with zero attached hydrogens (tertiary/aromatic N) is 8. The van der Waals surface area contributed by atoms with Crippen molar-refractivity contribution in [2.24, 2.45) is 0 Å². The summed E-state index contributed by atoms with van der Waals surface area (Å²) in [4.78, 5) is 71.1. The molecule has 0 spiro atoms. The summed E-state index contributed by atoms with van der Waals surface area (Å²) in [6.45, 7) is 3.54. The SMILES string of the molecule is CCc1c(N2CCN(C(=O)c3ncnc(C)c3O)CC2)c(=O)n2nc(-c3ccc4[nH]c(=O)oc4c3)nc2n1CC(=O)Nc1ccc(C(F)(F)F)cc1Cl. The monoisotopic (exact) mass is 752 g/mol. The van der Waals surface area contributed by atoms with Gasteiger partial charge in [-0.25, -0.2) is 14.8 Å². The molecule has 20 heteroatoms. The maximum atomic E-state index is 14.3. The molecule has 6 aromatic rings. The van der Waals surface area contributed by atoms with Crippen LogP contribution in [0.15, 0.2) is 56.7 Å². The number of H-pyrrole nitrogens is 1. The lowest BCUT2D eigenvalue weighted by molar-refractivity contribution is -0.137. The number of rotatable bonds is 7. The number of aromatic hydroxyl groups is 1. The first-order chi connectivity index (χ1) is 25.2. The number of amides is 2. The van der Waals surface area contributed by atoms with Crippen molar-refractivity contribution < 1.29 is 32.3 Å². The molecule has 0 aliphatic carbocycles. The van der Waals surface area contributed by atoms with E-state index in [1.54, 1.807) is 30.9 Å². The summed E-state index contributed by atoms with van der Waals surface area (Å²) in [5.41, 5.74) is 0.132. The molecular formula is C33H28ClF3N10O6. The molecule has 274 valence electrons. The van der Waals surface area contributed by atoms with Gasteiger partial charge >= 0.3 is 11.9 Å². The van der Waals surface area contributed by atoms with E-state index in [1.165, 1.54) is 21.9 Å². The van der Waals surface area contributed by atoms with Crippen molar-refractivity contribution in [2.75, 3.05) is 36.4 Å². The van der Waals surface area contributed by atoms with Gasteiger partial charge in [0.2, 0.25) is 11.7 Å². The van der Waals surface area contributed by atoms with E-state index in [-0.39, 0.29) is 83.3 Å². The predicted octanol–water partition coefficient (Wildman–Crippen LogP) is 3.63. The van der Waals surface area contributed by atoms with E-state index in [0.717, 1.165) is 16.6 Å². The van der Waals surface area contributed by atoms with Gasteiger partial charge in [0.05, 0.1) is 33.2 Å².